The van der Waals surface area contributed by atoms with Gasteiger partial charge in [0.05, 0.1) is 0 Å². The van der Waals surface area contributed by atoms with E-state index < -0.39 is 12.1 Å². The Kier molecular flexibility index (Phi) is 8.27. The Hall–Kier alpha value is 0.140. The van der Waals surface area contributed by atoms with E-state index in [0.717, 1.165) is 0 Å². The molecule has 0 aromatic rings. The molecule has 0 aliphatic heterocycles. The van der Waals surface area contributed by atoms with Crippen LogP contribution in [0.1, 0.15) is 15.3 Å². The molecule has 4 heteroatoms. The van der Waals surface area contributed by atoms with Gasteiger partial charge in [0.1, 0.15) is 0 Å². The zero-order valence-electron chi connectivity index (χ0n) is 6.88. The van der Waals surface area contributed by atoms with E-state index in [-0.39, 0.29) is 31.0 Å². The molecule has 0 saturated carbocycles. The first kappa shape index (κ1) is 11.9. The molecule has 0 saturated heterocycles. The molecule has 0 rings (SSSR count). The van der Waals surface area contributed by atoms with E-state index in [1.807, 2.05) is 0 Å². The van der Waals surface area contributed by atoms with E-state index in [0.29, 0.717) is 6.29 Å². The summed E-state index contributed by atoms with van der Waals surface area (Å²) in [6.45, 7) is 2.77. The van der Waals surface area contributed by atoms with Crippen LogP contribution in [0.25, 0.3) is 0 Å². The molecule has 0 aliphatic carbocycles. The summed E-state index contributed by atoms with van der Waals surface area (Å²) < 4.78 is 4.39. The molecule has 0 amide bonds. The molecule has 0 N–H and O–H groups in total. The average Bonchev–Trinajstić information content (AvgIpc) is 1.65. The minimum Gasteiger partial charge on any atom is -1.00 e. The predicted molar refractivity (Wildman–Crippen MR) is 28.4 cm³/mol. The quantitative estimate of drug-likeness (QED) is 0.237. The summed E-state index contributed by atoms with van der Waals surface area (Å²) in [5.41, 5.74) is 0. The fourth-order valence-electron chi connectivity index (χ4n) is 0.290. The summed E-state index contributed by atoms with van der Waals surface area (Å²) in [5.74, 6) is -0.426. The monoisotopic (exact) mass is 140 g/mol. The van der Waals surface area contributed by atoms with Crippen LogP contribution in [0.2, 0.25) is 0 Å². The number of carbonyl (C=O) groups excluding carboxylic acids is 2. The van der Waals surface area contributed by atoms with Gasteiger partial charge in [-0.05, 0) is 6.92 Å². The van der Waals surface area contributed by atoms with Gasteiger partial charge in [-0.1, -0.05) is 0 Å². The molecule has 1 unspecified atom stereocenters. The third kappa shape index (κ3) is 8.14. The van der Waals surface area contributed by atoms with Crippen molar-refractivity contribution in [2.75, 3.05) is 0 Å². The normalized spacial score (nSPS) is 10.9. The van der Waals surface area contributed by atoms with Crippen LogP contribution in [-0.4, -0.2) is 18.4 Å². The van der Waals surface area contributed by atoms with Crippen LogP contribution in [0.15, 0.2) is 0 Å². The Bertz CT molecular complexity index is 107. The van der Waals surface area contributed by atoms with Crippen molar-refractivity contribution in [3.63, 3.8) is 0 Å². The van der Waals surface area contributed by atoms with Gasteiger partial charge in [0.2, 0.25) is 0 Å². The van der Waals surface area contributed by atoms with Gasteiger partial charge in [0, 0.05) is 6.92 Å². The molecule has 1 atom stereocenters. The molecule has 3 nitrogen and oxygen atoms in total. The Morgan fingerprint density at radius 3 is 2.33 bits per heavy atom. The van der Waals surface area contributed by atoms with Gasteiger partial charge in [-0.25, -0.2) is 0 Å². The summed E-state index contributed by atoms with van der Waals surface area (Å²) in [6.07, 6.45) is -0.0333. The second-order valence-corrected chi connectivity index (χ2v) is 1.45. The average molecular weight is 140 g/mol. The van der Waals surface area contributed by atoms with Crippen LogP contribution >= 0.6 is 0 Å². The third-order valence-electron chi connectivity index (χ3n) is 0.543. The number of esters is 1. The van der Waals surface area contributed by atoms with Gasteiger partial charge in [-0.3, -0.25) is 9.59 Å². The SMILES string of the molecule is CC(=O)OC(C)C=O.[H-].[Na+]. The van der Waals surface area contributed by atoms with Crippen LogP contribution < -0.4 is 29.6 Å². The summed E-state index contributed by atoms with van der Waals surface area (Å²) in [6, 6.07) is 0. The van der Waals surface area contributed by atoms with Gasteiger partial charge in [-0.15, -0.1) is 0 Å². The van der Waals surface area contributed by atoms with E-state index in [1.165, 1.54) is 13.8 Å². The zero-order chi connectivity index (χ0) is 6.57. The minimum absolute atomic E-state index is 0. The van der Waals surface area contributed by atoms with Crippen LogP contribution in [0.5, 0.6) is 0 Å². The van der Waals surface area contributed by atoms with E-state index in [2.05, 4.69) is 4.74 Å². The minimum atomic E-state index is -0.604. The van der Waals surface area contributed by atoms with Crippen molar-refractivity contribution in [2.45, 2.75) is 20.0 Å². The summed E-state index contributed by atoms with van der Waals surface area (Å²) in [7, 11) is 0. The first-order chi connectivity index (χ1) is 3.66. The Labute approximate surface area is 77.5 Å². The second kappa shape index (κ2) is 6.26. The molecular weight excluding hydrogens is 131 g/mol. The maximum atomic E-state index is 10.0. The van der Waals surface area contributed by atoms with Crippen LogP contribution in [0.4, 0.5) is 0 Å². The summed E-state index contributed by atoms with van der Waals surface area (Å²) >= 11 is 0. The maximum absolute atomic E-state index is 10.0. The van der Waals surface area contributed by atoms with Gasteiger partial charge in [0.15, 0.2) is 12.4 Å². The topological polar surface area (TPSA) is 43.4 Å². The summed E-state index contributed by atoms with van der Waals surface area (Å²) in [5, 5.41) is 0. The Balaban J connectivity index is -0.000000245. The van der Waals surface area contributed by atoms with Crippen molar-refractivity contribution in [3.05, 3.63) is 0 Å². The number of hydrogen-bond donors (Lipinski definition) is 0. The molecular formula is C5H9NaO3. The Morgan fingerprint density at radius 1 is 1.78 bits per heavy atom. The van der Waals surface area contributed by atoms with Crippen molar-refractivity contribution in [1.29, 1.82) is 0 Å². The number of carbonyl (C=O) groups is 2. The zero-order valence-corrected chi connectivity index (χ0v) is 7.88. The van der Waals surface area contributed by atoms with E-state index in [9.17, 15) is 9.59 Å². The van der Waals surface area contributed by atoms with E-state index in [4.69, 9.17) is 0 Å². The van der Waals surface area contributed by atoms with Crippen molar-refractivity contribution >= 4 is 12.3 Å². The fraction of sp³-hybridized carbons (Fsp3) is 0.600. The molecule has 0 aliphatic rings. The van der Waals surface area contributed by atoms with Gasteiger partial charge in [0.25, 0.3) is 0 Å². The van der Waals surface area contributed by atoms with Crippen molar-refractivity contribution in [1.82, 2.24) is 0 Å². The first-order valence-electron chi connectivity index (χ1n) is 2.29. The maximum Gasteiger partial charge on any atom is 1.00 e. The molecule has 0 aromatic heterocycles. The molecule has 0 radical (unpaired) electrons. The number of hydrogen-bond acceptors (Lipinski definition) is 3. The van der Waals surface area contributed by atoms with Crippen molar-refractivity contribution < 1.29 is 45.3 Å². The van der Waals surface area contributed by atoms with Crippen molar-refractivity contribution in [3.8, 4) is 0 Å². The smallest absolute Gasteiger partial charge is 1.00 e. The third-order valence-corrected chi connectivity index (χ3v) is 0.543. The first-order valence-corrected chi connectivity index (χ1v) is 2.29. The van der Waals surface area contributed by atoms with Gasteiger partial charge in [-0.2, -0.15) is 0 Å². The Morgan fingerprint density at radius 2 is 2.22 bits per heavy atom. The van der Waals surface area contributed by atoms with E-state index in [1.54, 1.807) is 0 Å². The van der Waals surface area contributed by atoms with Crippen LogP contribution in [0, 0.1) is 0 Å². The van der Waals surface area contributed by atoms with Crippen LogP contribution in [0.3, 0.4) is 0 Å². The van der Waals surface area contributed by atoms with Gasteiger partial charge >= 0.3 is 35.5 Å². The predicted octanol–water partition coefficient (Wildman–Crippen LogP) is -2.75. The number of rotatable bonds is 2. The van der Waals surface area contributed by atoms with Crippen molar-refractivity contribution in [2.24, 2.45) is 0 Å². The van der Waals surface area contributed by atoms with Gasteiger partial charge < -0.3 is 6.16 Å². The molecule has 0 spiro atoms. The molecule has 0 heterocycles. The second-order valence-electron chi connectivity index (χ2n) is 1.45. The standard InChI is InChI=1S/C5H8O3.Na.H/c1-4(3-6)8-5(2)7;;/h3-4H,1-2H3;;/q;+1;-1. The van der Waals surface area contributed by atoms with E-state index >= 15 is 0 Å². The molecule has 0 bridgehead atoms. The molecule has 0 aromatic carbocycles. The van der Waals surface area contributed by atoms with Crippen LogP contribution in [-0.2, 0) is 14.3 Å². The number of aldehydes is 1. The fourth-order valence-corrected chi connectivity index (χ4v) is 0.290. The number of ether oxygens (including phenoxy) is 1. The molecule has 0 fully saturated rings. The largest absolute Gasteiger partial charge is 1.00 e. The summed E-state index contributed by atoms with van der Waals surface area (Å²) in [4.78, 5) is 19.8. The molecule has 48 valence electrons. The molecule has 9 heavy (non-hydrogen) atoms.